The molecule has 1 aromatic rings. The fourth-order valence-corrected chi connectivity index (χ4v) is 4.24. The summed E-state index contributed by atoms with van der Waals surface area (Å²) < 4.78 is 5.29. The summed E-state index contributed by atoms with van der Waals surface area (Å²) in [5.41, 5.74) is 1.06. The fraction of sp³-hybridized carbons (Fsp3) is 0.667. The van der Waals surface area contributed by atoms with E-state index in [0.717, 1.165) is 50.3 Å². The predicted octanol–water partition coefficient (Wildman–Crippen LogP) is 2.07. The van der Waals surface area contributed by atoms with Gasteiger partial charge in [-0.25, -0.2) is 0 Å². The molecule has 3 aliphatic rings. The number of carbonyl (C=O) groups is 1. The monoisotopic (exact) mass is 315 g/mol. The van der Waals surface area contributed by atoms with Crippen molar-refractivity contribution in [3.05, 3.63) is 24.0 Å². The zero-order chi connectivity index (χ0) is 15.8. The van der Waals surface area contributed by atoms with Gasteiger partial charge < -0.3 is 9.64 Å². The van der Waals surface area contributed by atoms with E-state index in [1.807, 2.05) is 18.3 Å². The largest absolute Gasteiger partial charge is 0.497 e. The Morgan fingerprint density at radius 1 is 1.30 bits per heavy atom. The fourth-order valence-electron chi connectivity index (χ4n) is 4.24. The molecular weight excluding hydrogens is 290 g/mol. The van der Waals surface area contributed by atoms with E-state index < -0.39 is 0 Å². The molecule has 1 saturated carbocycles. The lowest BCUT2D eigenvalue weighted by molar-refractivity contribution is -0.142. The zero-order valence-corrected chi connectivity index (χ0v) is 13.8. The normalized spacial score (nSPS) is 28.6. The van der Waals surface area contributed by atoms with Gasteiger partial charge >= 0.3 is 0 Å². The second-order valence-corrected chi connectivity index (χ2v) is 7.11. The van der Waals surface area contributed by atoms with Gasteiger partial charge in [-0.2, -0.15) is 0 Å². The minimum absolute atomic E-state index is 0.400. The summed E-state index contributed by atoms with van der Waals surface area (Å²) in [5.74, 6) is 1.90. The van der Waals surface area contributed by atoms with Gasteiger partial charge in [0.2, 0.25) is 5.91 Å². The Balaban J connectivity index is 1.41. The van der Waals surface area contributed by atoms with E-state index in [9.17, 15) is 4.79 Å². The van der Waals surface area contributed by atoms with Gasteiger partial charge in [0.05, 0.1) is 12.8 Å². The van der Waals surface area contributed by atoms with Crippen molar-refractivity contribution in [3.63, 3.8) is 0 Å². The van der Waals surface area contributed by atoms with Crippen molar-refractivity contribution in [1.82, 2.24) is 14.8 Å². The Kier molecular flexibility index (Phi) is 3.97. The van der Waals surface area contributed by atoms with E-state index >= 15 is 0 Å². The van der Waals surface area contributed by atoms with Gasteiger partial charge in [-0.05, 0) is 37.7 Å². The molecule has 2 atom stereocenters. The number of fused-ring (bicyclic) bond motifs is 1. The number of amides is 1. The maximum absolute atomic E-state index is 12.3. The topological polar surface area (TPSA) is 45.7 Å². The number of piperidine rings is 2. The summed E-state index contributed by atoms with van der Waals surface area (Å²) in [5, 5.41) is 0. The van der Waals surface area contributed by atoms with E-state index in [1.165, 1.54) is 12.8 Å². The lowest BCUT2D eigenvalue weighted by Gasteiger charge is -2.47. The number of carbonyl (C=O) groups excluding carboxylic acids is 1. The third-order valence-corrected chi connectivity index (χ3v) is 5.50. The number of rotatable bonds is 4. The third-order valence-electron chi connectivity index (χ3n) is 5.50. The van der Waals surface area contributed by atoms with Crippen molar-refractivity contribution in [3.8, 4) is 5.75 Å². The quantitative estimate of drug-likeness (QED) is 0.853. The molecule has 0 N–H and O–H groups in total. The van der Waals surface area contributed by atoms with Gasteiger partial charge in [-0.3, -0.25) is 14.7 Å². The van der Waals surface area contributed by atoms with E-state index in [4.69, 9.17) is 4.74 Å². The number of likely N-dealkylation sites (tertiary alicyclic amines) is 2. The van der Waals surface area contributed by atoms with Crippen molar-refractivity contribution in [1.29, 1.82) is 0 Å². The first-order chi connectivity index (χ1) is 11.2. The van der Waals surface area contributed by atoms with E-state index in [2.05, 4.69) is 14.8 Å². The molecule has 3 heterocycles. The van der Waals surface area contributed by atoms with Crippen molar-refractivity contribution in [2.45, 2.75) is 50.7 Å². The molecule has 2 saturated heterocycles. The van der Waals surface area contributed by atoms with E-state index in [1.54, 1.807) is 7.11 Å². The summed E-state index contributed by atoms with van der Waals surface area (Å²) in [6.07, 6.45) is 7.14. The third kappa shape index (κ3) is 3.07. The van der Waals surface area contributed by atoms with Crippen LogP contribution in [0.4, 0.5) is 0 Å². The molecule has 0 spiro atoms. The highest BCUT2D eigenvalue weighted by Gasteiger charge is 2.45. The van der Waals surface area contributed by atoms with E-state index in [-0.39, 0.29) is 0 Å². The Hall–Kier alpha value is -1.62. The minimum Gasteiger partial charge on any atom is -0.497 e. The molecule has 0 bridgehead atoms. The molecule has 23 heavy (non-hydrogen) atoms. The minimum atomic E-state index is 0.400. The van der Waals surface area contributed by atoms with Crippen LogP contribution in [0.1, 0.15) is 37.8 Å². The Morgan fingerprint density at radius 3 is 2.96 bits per heavy atom. The van der Waals surface area contributed by atoms with Gasteiger partial charge in [0.25, 0.3) is 0 Å². The maximum atomic E-state index is 12.3. The summed E-state index contributed by atoms with van der Waals surface area (Å²) >= 11 is 0. The summed E-state index contributed by atoms with van der Waals surface area (Å²) in [4.78, 5) is 21.5. The lowest BCUT2D eigenvalue weighted by atomic mass is 9.83. The average molecular weight is 315 g/mol. The van der Waals surface area contributed by atoms with Gasteiger partial charge in [0.15, 0.2) is 0 Å². The number of methoxy groups -OCH3 is 1. The molecule has 124 valence electrons. The van der Waals surface area contributed by atoms with Crippen LogP contribution in [-0.2, 0) is 11.3 Å². The van der Waals surface area contributed by atoms with Crippen molar-refractivity contribution in [2.75, 3.05) is 20.2 Å². The number of pyridine rings is 1. The Morgan fingerprint density at radius 2 is 2.17 bits per heavy atom. The SMILES string of the molecule is COc1ccnc(CN2CC[C@@H]3[C@H](CCC(=O)N3C3CC3)C2)c1. The van der Waals surface area contributed by atoms with Crippen LogP contribution in [0.2, 0.25) is 0 Å². The highest BCUT2D eigenvalue weighted by Crippen LogP contribution is 2.39. The average Bonchev–Trinajstić information content (AvgIpc) is 3.40. The molecule has 1 aromatic heterocycles. The number of nitrogens with zero attached hydrogens (tertiary/aromatic N) is 3. The van der Waals surface area contributed by atoms with Crippen LogP contribution >= 0.6 is 0 Å². The molecule has 1 aliphatic carbocycles. The standard InChI is InChI=1S/C18H25N3O2/c1-23-16-6-8-19-14(10-16)12-20-9-7-17-13(11-20)2-5-18(22)21(17)15-3-4-15/h6,8,10,13,15,17H,2-5,7,9,11-12H2,1H3/t13-,17-/m1/s1. The van der Waals surface area contributed by atoms with Crippen LogP contribution in [0.15, 0.2) is 18.3 Å². The number of hydrogen-bond donors (Lipinski definition) is 0. The summed E-state index contributed by atoms with van der Waals surface area (Å²) in [6, 6.07) is 4.95. The van der Waals surface area contributed by atoms with Gasteiger partial charge in [0, 0.05) is 50.4 Å². The molecule has 0 radical (unpaired) electrons. The molecule has 0 aromatic carbocycles. The number of hydrogen-bond acceptors (Lipinski definition) is 4. The summed E-state index contributed by atoms with van der Waals surface area (Å²) in [6.45, 7) is 3.01. The first kappa shape index (κ1) is 14.9. The smallest absolute Gasteiger partial charge is 0.223 e. The Bertz CT molecular complexity index is 587. The highest BCUT2D eigenvalue weighted by molar-refractivity contribution is 5.78. The second-order valence-electron chi connectivity index (χ2n) is 7.11. The lowest BCUT2D eigenvalue weighted by Crippen LogP contribution is -2.56. The first-order valence-electron chi connectivity index (χ1n) is 8.77. The van der Waals surface area contributed by atoms with Gasteiger partial charge in [0.1, 0.15) is 5.75 Å². The number of ether oxygens (including phenoxy) is 1. The van der Waals surface area contributed by atoms with E-state index in [0.29, 0.717) is 23.9 Å². The van der Waals surface area contributed by atoms with Crippen LogP contribution in [0.25, 0.3) is 0 Å². The molecule has 2 aliphatic heterocycles. The van der Waals surface area contributed by atoms with Crippen molar-refractivity contribution in [2.24, 2.45) is 5.92 Å². The van der Waals surface area contributed by atoms with Crippen LogP contribution in [0, 0.1) is 5.92 Å². The predicted molar refractivity (Wildman–Crippen MR) is 87.1 cm³/mol. The summed E-state index contributed by atoms with van der Waals surface area (Å²) in [7, 11) is 1.69. The zero-order valence-electron chi connectivity index (χ0n) is 13.8. The van der Waals surface area contributed by atoms with Crippen LogP contribution < -0.4 is 4.74 Å². The van der Waals surface area contributed by atoms with Crippen LogP contribution in [0.5, 0.6) is 5.75 Å². The molecule has 3 fully saturated rings. The highest BCUT2D eigenvalue weighted by atomic mass is 16.5. The molecular formula is C18H25N3O2. The maximum Gasteiger partial charge on any atom is 0.223 e. The van der Waals surface area contributed by atoms with Crippen LogP contribution in [0.3, 0.4) is 0 Å². The first-order valence-corrected chi connectivity index (χ1v) is 8.77. The number of aromatic nitrogens is 1. The molecule has 1 amide bonds. The molecule has 5 nitrogen and oxygen atoms in total. The molecule has 4 rings (SSSR count). The van der Waals surface area contributed by atoms with Crippen molar-refractivity contribution < 1.29 is 9.53 Å². The van der Waals surface area contributed by atoms with Crippen LogP contribution in [-0.4, -0.2) is 53.0 Å². The molecule has 0 unspecified atom stereocenters. The van der Waals surface area contributed by atoms with Crippen molar-refractivity contribution >= 4 is 5.91 Å². The second kappa shape index (κ2) is 6.11. The Labute approximate surface area is 137 Å². The molecule has 5 heteroatoms. The van der Waals surface area contributed by atoms with Gasteiger partial charge in [-0.15, -0.1) is 0 Å². The van der Waals surface area contributed by atoms with Gasteiger partial charge in [-0.1, -0.05) is 0 Å².